The largest absolute Gasteiger partial charge is 0.394 e. The Hall–Kier alpha value is -0.220. The molecule has 16 heavy (non-hydrogen) atoms. The monoisotopic (exact) mass is 243 g/mol. The van der Waals surface area contributed by atoms with Crippen molar-refractivity contribution in [3.05, 3.63) is 0 Å². The number of thioether (sulfide) groups is 1. The average molecular weight is 243 g/mol. The maximum absolute atomic E-state index is 12.5. The summed E-state index contributed by atoms with van der Waals surface area (Å²) >= 11 is 1.79. The molecule has 0 saturated carbocycles. The molecule has 0 bridgehead atoms. The van der Waals surface area contributed by atoms with E-state index in [1.165, 1.54) is 0 Å². The van der Waals surface area contributed by atoms with Crippen molar-refractivity contribution in [3.8, 4) is 0 Å². The lowest BCUT2D eigenvalue weighted by molar-refractivity contribution is -0.138. The number of amides is 1. The number of aliphatic hydroxyl groups is 1. The van der Waals surface area contributed by atoms with E-state index in [9.17, 15) is 9.90 Å². The summed E-state index contributed by atoms with van der Waals surface area (Å²) in [6.07, 6.45) is 5.32. The predicted octanol–water partition coefficient (Wildman–Crippen LogP) is 1.65. The van der Waals surface area contributed by atoms with E-state index in [4.69, 9.17) is 0 Å². The standard InChI is InChI=1S/C12H21NO2S/c1-12(6-4-8-16-12)11(15)13-7-3-2-5-10(13)9-14/h10,14H,2-9H2,1H3. The molecule has 4 heteroatoms. The van der Waals surface area contributed by atoms with E-state index in [0.717, 1.165) is 44.4 Å². The summed E-state index contributed by atoms with van der Waals surface area (Å²) in [6, 6.07) is 0.0688. The van der Waals surface area contributed by atoms with Crippen LogP contribution in [0.15, 0.2) is 0 Å². The second-order valence-corrected chi connectivity index (χ2v) is 6.61. The molecule has 0 aliphatic carbocycles. The minimum Gasteiger partial charge on any atom is -0.394 e. The van der Waals surface area contributed by atoms with E-state index in [0.29, 0.717) is 0 Å². The molecule has 2 aliphatic rings. The van der Waals surface area contributed by atoms with Gasteiger partial charge in [-0.3, -0.25) is 4.79 Å². The van der Waals surface area contributed by atoms with Crippen LogP contribution in [0.3, 0.4) is 0 Å². The van der Waals surface area contributed by atoms with Gasteiger partial charge in [0.25, 0.3) is 0 Å². The number of likely N-dealkylation sites (tertiary alicyclic amines) is 1. The first kappa shape index (κ1) is 12.2. The van der Waals surface area contributed by atoms with Gasteiger partial charge in [0, 0.05) is 6.54 Å². The van der Waals surface area contributed by atoms with Crippen molar-refractivity contribution in [3.63, 3.8) is 0 Å². The number of carbonyl (C=O) groups is 1. The number of piperidine rings is 1. The topological polar surface area (TPSA) is 40.5 Å². The van der Waals surface area contributed by atoms with E-state index in [-0.39, 0.29) is 23.3 Å². The molecule has 0 radical (unpaired) electrons. The smallest absolute Gasteiger partial charge is 0.238 e. The average Bonchev–Trinajstić information content (AvgIpc) is 2.76. The van der Waals surface area contributed by atoms with Gasteiger partial charge in [-0.1, -0.05) is 0 Å². The van der Waals surface area contributed by atoms with Crippen LogP contribution < -0.4 is 0 Å². The fourth-order valence-corrected chi connectivity index (χ4v) is 3.98. The molecular weight excluding hydrogens is 222 g/mol. The number of hydrogen-bond donors (Lipinski definition) is 1. The van der Waals surface area contributed by atoms with Crippen LogP contribution in [-0.4, -0.2) is 45.6 Å². The van der Waals surface area contributed by atoms with E-state index >= 15 is 0 Å². The summed E-state index contributed by atoms with van der Waals surface area (Å²) in [6.45, 7) is 3.02. The van der Waals surface area contributed by atoms with Crippen LogP contribution in [0.5, 0.6) is 0 Å². The molecule has 0 aromatic rings. The maximum Gasteiger partial charge on any atom is 0.238 e. The lowest BCUT2D eigenvalue weighted by Crippen LogP contribution is -2.52. The molecule has 2 heterocycles. The Morgan fingerprint density at radius 2 is 2.31 bits per heavy atom. The Morgan fingerprint density at radius 1 is 1.50 bits per heavy atom. The number of nitrogens with zero attached hydrogens (tertiary/aromatic N) is 1. The van der Waals surface area contributed by atoms with Gasteiger partial charge in [0.1, 0.15) is 0 Å². The van der Waals surface area contributed by atoms with Crippen molar-refractivity contribution < 1.29 is 9.90 Å². The SMILES string of the molecule is CC1(C(=O)N2CCCCC2CO)CCCS1. The van der Waals surface area contributed by atoms with Gasteiger partial charge in [0.15, 0.2) is 0 Å². The molecule has 1 amide bonds. The highest BCUT2D eigenvalue weighted by Gasteiger charge is 2.42. The zero-order chi connectivity index (χ0) is 11.6. The fourth-order valence-electron chi connectivity index (χ4n) is 2.71. The van der Waals surface area contributed by atoms with Crippen molar-refractivity contribution in [2.24, 2.45) is 0 Å². The summed E-state index contributed by atoms with van der Waals surface area (Å²) in [7, 11) is 0. The van der Waals surface area contributed by atoms with Gasteiger partial charge in [-0.2, -0.15) is 0 Å². The summed E-state index contributed by atoms with van der Waals surface area (Å²) < 4.78 is -0.217. The van der Waals surface area contributed by atoms with Crippen LogP contribution in [0.2, 0.25) is 0 Å². The highest BCUT2D eigenvalue weighted by molar-refractivity contribution is 8.01. The summed E-state index contributed by atoms with van der Waals surface area (Å²) in [4.78, 5) is 14.4. The van der Waals surface area contributed by atoms with E-state index in [1.54, 1.807) is 11.8 Å². The molecule has 0 aromatic heterocycles. The van der Waals surface area contributed by atoms with Gasteiger partial charge in [-0.25, -0.2) is 0 Å². The van der Waals surface area contributed by atoms with E-state index in [2.05, 4.69) is 6.92 Å². The first-order chi connectivity index (χ1) is 7.67. The predicted molar refractivity (Wildman–Crippen MR) is 66.5 cm³/mol. The normalized spacial score (nSPS) is 35.4. The van der Waals surface area contributed by atoms with Gasteiger partial charge in [-0.05, 0) is 44.8 Å². The van der Waals surface area contributed by atoms with Gasteiger partial charge >= 0.3 is 0 Å². The van der Waals surface area contributed by atoms with Crippen molar-refractivity contribution in [1.29, 1.82) is 0 Å². The molecule has 2 unspecified atom stereocenters. The molecule has 0 spiro atoms. The number of hydrogen-bond acceptors (Lipinski definition) is 3. The van der Waals surface area contributed by atoms with Gasteiger partial charge in [0.2, 0.25) is 5.91 Å². The van der Waals surface area contributed by atoms with Crippen LogP contribution in [0, 0.1) is 0 Å². The second-order valence-electron chi connectivity index (χ2n) is 5.01. The van der Waals surface area contributed by atoms with Crippen molar-refractivity contribution >= 4 is 17.7 Å². The summed E-state index contributed by atoms with van der Waals surface area (Å²) in [5, 5.41) is 9.34. The fraction of sp³-hybridized carbons (Fsp3) is 0.917. The molecule has 3 nitrogen and oxygen atoms in total. The number of rotatable bonds is 2. The van der Waals surface area contributed by atoms with Crippen LogP contribution in [0.4, 0.5) is 0 Å². The molecule has 2 saturated heterocycles. The number of carbonyl (C=O) groups excluding carboxylic acids is 1. The molecule has 2 aliphatic heterocycles. The quantitative estimate of drug-likeness (QED) is 0.801. The molecule has 2 rings (SSSR count). The van der Waals surface area contributed by atoms with Crippen molar-refractivity contribution in [1.82, 2.24) is 4.90 Å². The molecule has 2 fully saturated rings. The maximum atomic E-state index is 12.5. The second kappa shape index (κ2) is 4.96. The van der Waals surface area contributed by atoms with Gasteiger partial charge in [-0.15, -0.1) is 11.8 Å². The minimum absolute atomic E-state index is 0.0688. The zero-order valence-electron chi connectivity index (χ0n) is 9.95. The highest BCUT2D eigenvalue weighted by Crippen LogP contribution is 2.40. The lowest BCUT2D eigenvalue weighted by atomic mass is 9.98. The molecule has 1 N–H and O–H groups in total. The van der Waals surface area contributed by atoms with Crippen LogP contribution >= 0.6 is 11.8 Å². The third-order valence-electron chi connectivity index (χ3n) is 3.77. The van der Waals surface area contributed by atoms with Crippen LogP contribution in [0.25, 0.3) is 0 Å². The van der Waals surface area contributed by atoms with E-state index < -0.39 is 0 Å². The Kier molecular flexibility index (Phi) is 3.80. The zero-order valence-corrected chi connectivity index (χ0v) is 10.8. The van der Waals surface area contributed by atoms with Crippen molar-refractivity contribution in [2.45, 2.75) is 49.8 Å². The Balaban J connectivity index is 2.07. The number of aliphatic hydroxyl groups excluding tert-OH is 1. The molecule has 92 valence electrons. The minimum atomic E-state index is -0.217. The first-order valence-electron chi connectivity index (χ1n) is 6.23. The third kappa shape index (κ3) is 2.23. The Labute approximate surface area is 102 Å². The summed E-state index contributed by atoms with van der Waals surface area (Å²) in [5.41, 5.74) is 0. The van der Waals surface area contributed by atoms with E-state index in [1.807, 2.05) is 4.90 Å². The lowest BCUT2D eigenvalue weighted by Gasteiger charge is -2.39. The molecule has 0 aromatic carbocycles. The highest BCUT2D eigenvalue weighted by atomic mass is 32.2. The third-order valence-corrected chi connectivity index (χ3v) is 5.28. The Morgan fingerprint density at radius 3 is 2.94 bits per heavy atom. The van der Waals surface area contributed by atoms with Crippen LogP contribution in [-0.2, 0) is 4.79 Å². The Bertz CT molecular complexity index is 264. The van der Waals surface area contributed by atoms with Crippen LogP contribution in [0.1, 0.15) is 39.0 Å². The molecular formula is C12H21NO2S. The van der Waals surface area contributed by atoms with Gasteiger partial charge < -0.3 is 10.0 Å². The molecule has 2 atom stereocenters. The van der Waals surface area contributed by atoms with Crippen molar-refractivity contribution in [2.75, 3.05) is 18.9 Å². The first-order valence-corrected chi connectivity index (χ1v) is 7.22. The van der Waals surface area contributed by atoms with Gasteiger partial charge in [0.05, 0.1) is 17.4 Å². The summed E-state index contributed by atoms with van der Waals surface area (Å²) in [5.74, 6) is 1.36.